The first-order chi connectivity index (χ1) is 13.1. The third-order valence-electron chi connectivity index (χ3n) is 5.03. The lowest BCUT2D eigenvalue weighted by atomic mass is 9.99. The second kappa shape index (κ2) is 8.71. The highest BCUT2D eigenvalue weighted by Crippen LogP contribution is 2.26. The van der Waals surface area contributed by atoms with Crippen LogP contribution in [0, 0.1) is 0 Å². The summed E-state index contributed by atoms with van der Waals surface area (Å²) >= 11 is 0. The van der Waals surface area contributed by atoms with Crippen molar-refractivity contribution in [1.29, 1.82) is 0 Å². The van der Waals surface area contributed by atoms with Crippen molar-refractivity contribution in [3.05, 3.63) is 71.3 Å². The van der Waals surface area contributed by atoms with Crippen LogP contribution in [-0.4, -0.2) is 55.9 Å². The summed E-state index contributed by atoms with van der Waals surface area (Å²) in [4.78, 5) is 20.3. The Morgan fingerprint density at radius 3 is 2.48 bits per heavy atom. The van der Waals surface area contributed by atoms with E-state index in [0.29, 0.717) is 18.0 Å². The Morgan fingerprint density at radius 1 is 1.15 bits per heavy atom. The van der Waals surface area contributed by atoms with Crippen molar-refractivity contribution in [1.82, 2.24) is 15.1 Å². The van der Waals surface area contributed by atoms with Crippen LogP contribution in [0.4, 0.5) is 0 Å². The molecule has 0 radical (unpaired) electrons. The number of guanidine groups is 1. The van der Waals surface area contributed by atoms with Crippen LogP contribution in [0.2, 0.25) is 0 Å². The molecule has 0 aliphatic carbocycles. The normalized spacial score (nSPS) is 17.1. The molecule has 2 aromatic rings. The van der Waals surface area contributed by atoms with Gasteiger partial charge in [0.15, 0.2) is 5.96 Å². The van der Waals surface area contributed by atoms with E-state index in [1.54, 1.807) is 19.0 Å². The summed E-state index contributed by atoms with van der Waals surface area (Å²) in [6.45, 7) is 2.69. The minimum atomic E-state index is 0.0225. The zero-order valence-electron chi connectivity index (χ0n) is 16.4. The van der Waals surface area contributed by atoms with E-state index in [9.17, 15) is 4.79 Å². The number of hydrogen-bond acceptors (Lipinski definition) is 2. The summed E-state index contributed by atoms with van der Waals surface area (Å²) in [6, 6.07) is 18.4. The highest BCUT2D eigenvalue weighted by Gasteiger charge is 2.25. The number of hydrogen-bond donors (Lipinski definition) is 1. The standard InChI is InChI=1S/C22H28N4O/c1-23-22(26-14-13-20(16-26)18-7-5-4-6-8-18)24-15-17-9-11-19(12-10-17)21(27)25(2)3/h4-12,20H,13-16H2,1-3H3,(H,23,24). The molecule has 0 aromatic heterocycles. The highest BCUT2D eigenvalue weighted by atomic mass is 16.2. The molecule has 1 amide bonds. The summed E-state index contributed by atoms with van der Waals surface area (Å²) in [6.07, 6.45) is 1.14. The zero-order chi connectivity index (χ0) is 19.2. The second-order valence-electron chi connectivity index (χ2n) is 7.14. The predicted octanol–water partition coefficient (Wildman–Crippen LogP) is 2.95. The Hall–Kier alpha value is -2.82. The lowest BCUT2D eigenvalue weighted by Gasteiger charge is -2.22. The van der Waals surface area contributed by atoms with Gasteiger partial charge in [-0.3, -0.25) is 9.79 Å². The summed E-state index contributed by atoms with van der Waals surface area (Å²) in [7, 11) is 5.36. The minimum absolute atomic E-state index is 0.0225. The highest BCUT2D eigenvalue weighted by molar-refractivity contribution is 5.93. The summed E-state index contributed by atoms with van der Waals surface area (Å²) in [5.74, 6) is 1.51. The second-order valence-corrected chi connectivity index (χ2v) is 7.14. The molecule has 1 saturated heterocycles. The van der Waals surface area contributed by atoms with Crippen LogP contribution in [-0.2, 0) is 6.54 Å². The van der Waals surface area contributed by atoms with Gasteiger partial charge in [-0.2, -0.15) is 0 Å². The van der Waals surface area contributed by atoms with Crippen molar-refractivity contribution < 1.29 is 4.79 Å². The van der Waals surface area contributed by atoms with Gasteiger partial charge < -0.3 is 15.1 Å². The molecular weight excluding hydrogens is 336 g/mol. The van der Waals surface area contributed by atoms with Crippen LogP contribution >= 0.6 is 0 Å². The average molecular weight is 364 g/mol. The topological polar surface area (TPSA) is 47.9 Å². The first-order valence-corrected chi connectivity index (χ1v) is 9.39. The van der Waals surface area contributed by atoms with Gasteiger partial charge in [-0.25, -0.2) is 0 Å². The fourth-order valence-electron chi connectivity index (χ4n) is 3.49. The Labute approximate surface area is 161 Å². The molecule has 1 fully saturated rings. The van der Waals surface area contributed by atoms with Crippen LogP contribution in [0.5, 0.6) is 0 Å². The van der Waals surface area contributed by atoms with Gasteiger partial charge in [0.25, 0.3) is 5.91 Å². The molecule has 1 heterocycles. The lowest BCUT2D eigenvalue weighted by molar-refractivity contribution is 0.0827. The SMILES string of the molecule is CN=C(NCc1ccc(C(=O)N(C)C)cc1)N1CCC(c2ccccc2)C1. The van der Waals surface area contributed by atoms with Gasteiger partial charge in [0.05, 0.1) is 0 Å². The van der Waals surface area contributed by atoms with Crippen LogP contribution in [0.25, 0.3) is 0 Å². The van der Waals surface area contributed by atoms with Crippen molar-refractivity contribution in [2.24, 2.45) is 4.99 Å². The molecule has 5 heteroatoms. The summed E-state index contributed by atoms with van der Waals surface area (Å²) in [5, 5.41) is 3.45. The van der Waals surface area contributed by atoms with E-state index >= 15 is 0 Å². The maximum Gasteiger partial charge on any atom is 0.253 e. The van der Waals surface area contributed by atoms with Crippen molar-refractivity contribution in [3.63, 3.8) is 0 Å². The van der Waals surface area contributed by atoms with E-state index in [-0.39, 0.29) is 5.91 Å². The first kappa shape index (κ1) is 19.0. The molecule has 1 N–H and O–H groups in total. The molecule has 1 aliphatic rings. The lowest BCUT2D eigenvalue weighted by Crippen LogP contribution is -2.39. The van der Waals surface area contributed by atoms with E-state index in [1.807, 2.05) is 31.3 Å². The van der Waals surface area contributed by atoms with Crippen LogP contribution < -0.4 is 5.32 Å². The quantitative estimate of drug-likeness (QED) is 0.670. The third kappa shape index (κ3) is 4.67. The fourth-order valence-corrected chi connectivity index (χ4v) is 3.49. The van der Waals surface area contributed by atoms with Crippen molar-refractivity contribution in [3.8, 4) is 0 Å². The third-order valence-corrected chi connectivity index (χ3v) is 5.03. The van der Waals surface area contributed by atoms with Gasteiger partial charge in [-0.1, -0.05) is 42.5 Å². The zero-order valence-corrected chi connectivity index (χ0v) is 16.4. The number of nitrogens with one attached hydrogen (secondary N) is 1. The maximum absolute atomic E-state index is 12.0. The van der Waals surface area contributed by atoms with E-state index in [0.717, 1.165) is 31.0 Å². The Morgan fingerprint density at radius 2 is 1.85 bits per heavy atom. The van der Waals surface area contributed by atoms with E-state index < -0.39 is 0 Å². The van der Waals surface area contributed by atoms with Crippen molar-refractivity contribution in [2.45, 2.75) is 18.9 Å². The number of carbonyl (C=O) groups excluding carboxylic acids is 1. The predicted molar refractivity (Wildman–Crippen MR) is 110 cm³/mol. The molecule has 0 spiro atoms. The van der Waals surface area contributed by atoms with Crippen LogP contribution in [0.1, 0.15) is 33.8 Å². The minimum Gasteiger partial charge on any atom is -0.352 e. The van der Waals surface area contributed by atoms with Crippen molar-refractivity contribution >= 4 is 11.9 Å². The molecular formula is C22H28N4O. The number of nitrogens with zero attached hydrogens (tertiary/aromatic N) is 3. The molecule has 5 nitrogen and oxygen atoms in total. The Bertz CT molecular complexity index is 784. The van der Waals surface area contributed by atoms with Gasteiger partial charge in [0.1, 0.15) is 0 Å². The van der Waals surface area contributed by atoms with Gasteiger partial charge >= 0.3 is 0 Å². The molecule has 27 heavy (non-hydrogen) atoms. The first-order valence-electron chi connectivity index (χ1n) is 9.39. The Balaban J connectivity index is 1.56. The maximum atomic E-state index is 12.0. The largest absolute Gasteiger partial charge is 0.352 e. The van der Waals surface area contributed by atoms with Gasteiger partial charge in [-0.15, -0.1) is 0 Å². The molecule has 142 valence electrons. The molecule has 1 unspecified atom stereocenters. The number of carbonyl (C=O) groups is 1. The van der Waals surface area contributed by atoms with Gasteiger partial charge in [0.2, 0.25) is 0 Å². The van der Waals surface area contributed by atoms with Crippen LogP contribution in [0.15, 0.2) is 59.6 Å². The smallest absolute Gasteiger partial charge is 0.253 e. The van der Waals surface area contributed by atoms with Gasteiger partial charge in [-0.05, 0) is 29.7 Å². The van der Waals surface area contributed by atoms with E-state index in [4.69, 9.17) is 0 Å². The van der Waals surface area contributed by atoms with Gasteiger partial charge in [0, 0.05) is 52.3 Å². The Kier molecular flexibility index (Phi) is 6.12. The monoisotopic (exact) mass is 364 g/mol. The summed E-state index contributed by atoms with van der Waals surface area (Å²) < 4.78 is 0. The average Bonchev–Trinajstić information content (AvgIpc) is 3.19. The number of likely N-dealkylation sites (tertiary alicyclic amines) is 1. The number of benzene rings is 2. The molecule has 0 saturated carbocycles. The summed E-state index contributed by atoms with van der Waals surface area (Å²) in [5.41, 5.74) is 3.24. The number of aliphatic imine (C=N–C) groups is 1. The number of rotatable bonds is 4. The number of amides is 1. The molecule has 1 aliphatic heterocycles. The molecule has 0 bridgehead atoms. The van der Waals surface area contributed by atoms with Crippen LogP contribution in [0.3, 0.4) is 0 Å². The van der Waals surface area contributed by atoms with Crippen molar-refractivity contribution in [2.75, 3.05) is 34.2 Å². The van der Waals surface area contributed by atoms with E-state index in [2.05, 4.69) is 45.5 Å². The molecule has 3 rings (SSSR count). The fraction of sp³-hybridized carbons (Fsp3) is 0.364. The van der Waals surface area contributed by atoms with E-state index in [1.165, 1.54) is 5.56 Å². The molecule has 2 aromatic carbocycles. The molecule has 1 atom stereocenters.